The minimum Gasteiger partial charge on any atom is -0.381 e. The van der Waals surface area contributed by atoms with Crippen LogP contribution in [0.4, 0.5) is 5.69 Å². The third kappa shape index (κ3) is 3.56. The molecule has 1 saturated heterocycles. The zero-order chi connectivity index (χ0) is 12.1. The highest BCUT2D eigenvalue weighted by Crippen LogP contribution is 2.19. The van der Waals surface area contributed by atoms with Crippen molar-refractivity contribution < 1.29 is 4.74 Å². The molecule has 4 nitrogen and oxygen atoms in total. The van der Waals surface area contributed by atoms with Crippen molar-refractivity contribution in [2.24, 2.45) is 0 Å². The molecule has 17 heavy (non-hydrogen) atoms. The molecule has 0 amide bonds. The maximum atomic E-state index is 6.02. The van der Waals surface area contributed by atoms with Gasteiger partial charge in [-0.3, -0.25) is 9.88 Å². The molecular formula is C12H18ClN3O. The van der Waals surface area contributed by atoms with Crippen LogP contribution in [0.15, 0.2) is 18.5 Å². The van der Waals surface area contributed by atoms with Gasteiger partial charge >= 0.3 is 0 Å². The highest BCUT2D eigenvalue weighted by molar-refractivity contribution is 6.33. The Kier molecular flexibility index (Phi) is 4.59. The second kappa shape index (κ2) is 6.19. The SMILES string of the molecule is CCN1CCOC(CNc2ccncc2Cl)C1. The van der Waals surface area contributed by atoms with Crippen LogP contribution >= 0.6 is 11.6 Å². The fraction of sp³-hybridized carbons (Fsp3) is 0.583. The number of nitrogens with zero attached hydrogens (tertiary/aromatic N) is 2. The summed E-state index contributed by atoms with van der Waals surface area (Å²) in [6.07, 6.45) is 3.60. The number of pyridine rings is 1. The van der Waals surface area contributed by atoms with Gasteiger partial charge in [0.2, 0.25) is 0 Å². The summed E-state index contributed by atoms with van der Waals surface area (Å²) in [6, 6.07) is 1.88. The summed E-state index contributed by atoms with van der Waals surface area (Å²) in [5.41, 5.74) is 0.916. The lowest BCUT2D eigenvalue weighted by Crippen LogP contribution is -2.45. The molecule has 1 fully saturated rings. The molecule has 0 aromatic carbocycles. The molecule has 0 spiro atoms. The number of hydrogen-bond acceptors (Lipinski definition) is 4. The average molecular weight is 256 g/mol. The van der Waals surface area contributed by atoms with Crippen LogP contribution in [0.3, 0.4) is 0 Å². The number of halogens is 1. The van der Waals surface area contributed by atoms with Crippen molar-refractivity contribution in [2.45, 2.75) is 13.0 Å². The fourth-order valence-electron chi connectivity index (χ4n) is 1.93. The van der Waals surface area contributed by atoms with E-state index in [9.17, 15) is 0 Å². The molecule has 1 aromatic rings. The zero-order valence-corrected chi connectivity index (χ0v) is 10.8. The van der Waals surface area contributed by atoms with Gasteiger partial charge in [-0.2, -0.15) is 0 Å². The van der Waals surface area contributed by atoms with Gasteiger partial charge < -0.3 is 10.1 Å². The van der Waals surface area contributed by atoms with Crippen LogP contribution < -0.4 is 5.32 Å². The molecule has 0 saturated carbocycles. The minimum atomic E-state index is 0.230. The van der Waals surface area contributed by atoms with Gasteiger partial charge in [-0.05, 0) is 12.6 Å². The van der Waals surface area contributed by atoms with Crippen LogP contribution in [0, 0.1) is 0 Å². The zero-order valence-electron chi connectivity index (χ0n) is 10.0. The Morgan fingerprint density at radius 1 is 1.65 bits per heavy atom. The standard InChI is InChI=1S/C12H18ClN3O/c1-2-16-5-6-17-10(9-16)7-15-12-3-4-14-8-11(12)13/h3-4,8,10H,2,5-7,9H2,1H3,(H,14,15). The first-order valence-corrected chi connectivity index (χ1v) is 6.34. The number of nitrogens with one attached hydrogen (secondary N) is 1. The van der Waals surface area contributed by atoms with Crippen LogP contribution in [-0.4, -0.2) is 48.8 Å². The molecule has 0 aliphatic carbocycles. The Bertz CT molecular complexity index is 361. The predicted molar refractivity (Wildman–Crippen MR) is 69.6 cm³/mol. The maximum Gasteiger partial charge on any atom is 0.0874 e. The van der Waals surface area contributed by atoms with E-state index in [1.54, 1.807) is 12.4 Å². The number of likely N-dealkylation sites (N-methyl/N-ethyl adjacent to an activating group) is 1. The van der Waals surface area contributed by atoms with E-state index < -0.39 is 0 Å². The van der Waals surface area contributed by atoms with Gasteiger partial charge in [0, 0.05) is 32.0 Å². The van der Waals surface area contributed by atoms with Crippen LogP contribution in [0.2, 0.25) is 5.02 Å². The lowest BCUT2D eigenvalue weighted by atomic mass is 10.2. The van der Waals surface area contributed by atoms with Crippen LogP contribution in [0.1, 0.15) is 6.92 Å². The quantitative estimate of drug-likeness (QED) is 0.891. The van der Waals surface area contributed by atoms with Crippen LogP contribution in [0.25, 0.3) is 0 Å². The molecule has 5 heteroatoms. The number of hydrogen-bond donors (Lipinski definition) is 1. The Morgan fingerprint density at radius 2 is 2.53 bits per heavy atom. The van der Waals surface area contributed by atoms with Gasteiger partial charge in [0.05, 0.1) is 23.4 Å². The van der Waals surface area contributed by atoms with Crippen LogP contribution in [0.5, 0.6) is 0 Å². The predicted octanol–water partition coefficient (Wildman–Crippen LogP) is 1.87. The first-order chi connectivity index (χ1) is 8.29. The van der Waals surface area contributed by atoms with Crippen molar-refractivity contribution in [1.29, 1.82) is 0 Å². The Morgan fingerprint density at radius 3 is 3.29 bits per heavy atom. The summed E-state index contributed by atoms with van der Waals surface area (Å²) in [7, 11) is 0. The van der Waals surface area contributed by atoms with Gasteiger partial charge in [-0.1, -0.05) is 18.5 Å². The normalized spacial score (nSPS) is 21.4. The lowest BCUT2D eigenvalue weighted by molar-refractivity contribution is -0.0191. The smallest absolute Gasteiger partial charge is 0.0874 e. The van der Waals surface area contributed by atoms with Crippen molar-refractivity contribution >= 4 is 17.3 Å². The van der Waals surface area contributed by atoms with E-state index >= 15 is 0 Å². The number of rotatable bonds is 4. The number of aromatic nitrogens is 1. The molecule has 1 aliphatic rings. The third-order valence-corrected chi connectivity index (χ3v) is 3.26. The van der Waals surface area contributed by atoms with Crippen molar-refractivity contribution in [3.8, 4) is 0 Å². The molecule has 1 aromatic heterocycles. The largest absolute Gasteiger partial charge is 0.381 e. The van der Waals surface area contributed by atoms with E-state index in [-0.39, 0.29) is 6.10 Å². The Hall–Kier alpha value is -0.840. The second-order valence-corrected chi connectivity index (χ2v) is 4.53. The first-order valence-electron chi connectivity index (χ1n) is 5.97. The minimum absolute atomic E-state index is 0.230. The second-order valence-electron chi connectivity index (χ2n) is 4.12. The summed E-state index contributed by atoms with van der Waals surface area (Å²) >= 11 is 6.02. The molecule has 0 bridgehead atoms. The highest BCUT2D eigenvalue weighted by atomic mass is 35.5. The van der Waals surface area contributed by atoms with Gasteiger partial charge in [0.1, 0.15) is 0 Å². The van der Waals surface area contributed by atoms with Crippen molar-refractivity contribution in [1.82, 2.24) is 9.88 Å². The topological polar surface area (TPSA) is 37.4 Å². The Labute approximate surface area is 107 Å². The average Bonchev–Trinajstić information content (AvgIpc) is 2.38. The van der Waals surface area contributed by atoms with Crippen molar-refractivity contribution in [2.75, 3.05) is 38.1 Å². The van der Waals surface area contributed by atoms with E-state index in [0.29, 0.717) is 5.02 Å². The van der Waals surface area contributed by atoms with Gasteiger partial charge in [-0.25, -0.2) is 0 Å². The van der Waals surface area contributed by atoms with Crippen molar-refractivity contribution in [3.05, 3.63) is 23.5 Å². The molecule has 0 radical (unpaired) electrons. The molecule has 1 N–H and O–H groups in total. The summed E-state index contributed by atoms with van der Waals surface area (Å²) in [6.45, 7) is 6.85. The van der Waals surface area contributed by atoms with E-state index in [4.69, 9.17) is 16.3 Å². The first kappa shape index (κ1) is 12.6. The van der Waals surface area contributed by atoms with Gasteiger partial charge in [0.15, 0.2) is 0 Å². The van der Waals surface area contributed by atoms with Gasteiger partial charge in [0.25, 0.3) is 0 Å². The molecule has 94 valence electrons. The highest BCUT2D eigenvalue weighted by Gasteiger charge is 2.18. The number of anilines is 1. The van der Waals surface area contributed by atoms with E-state index in [1.807, 2.05) is 6.07 Å². The van der Waals surface area contributed by atoms with Crippen LogP contribution in [-0.2, 0) is 4.74 Å². The molecule has 1 aliphatic heterocycles. The van der Waals surface area contributed by atoms with E-state index in [1.165, 1.54) is 0 Å². The third-order valence-electron chi connectivity index (χ3n) is 2.96. The summed E-state index contributed by atoms with van der Waals surface area (Å²) in [5, 5.41) is 3.95. The van der Waals surface area contributed by atoms with Crippen molar-refractivity contribution in [3.63, 3.8) is 0 Å². The molecule has 2 rings (SSSR count). The lowest BCUT2D eigenvalue weighted by Gasteiger charge is -2.32. The molecule has 1 atom stereocenters. The fourth-order valence-corrected chi connectivity index (χ4v) is 2.12. The number of ether oxygens (including phenoxy) is 1. The number of morpholine rings is 1. The van der Waals surface area contributed by atoms with E-state index in [0.717, 1.165) is 38.5 Å². The monoisotopic (exact) mass is 255 g/mol. The maximum absolute atomic E-state index is 6.02. The van der Waals surface area contributed by atoms with E-state index in [2.05, 4.69) is 22.1 Å². The Balaban J connectivity index is 1.84. The summed E-state index contributed by atoms with van der Waals surface area (Å²) in [4.78, 5) is 6.35. The molecule has 1 unspecified atom stereocenters. The molecular weight excluding hydrogens is 238 g/mol. The van der Waals surface area contributed by atoms with Gasteiger partial charge in [-0.15, -0.1) is 0 Å². The molecule has 2 heterocycles. The summed E-state index contributed by atoms with van der Waals surface area (Å²) < 4.78 is 5.71. The summed E-state index contributed by atoms with van der Waals surface area (Å²) in [5.74, 6) is 0.